The molecule has 2 atom stereocenters. The minimum absolute atomic E-state index is 0.338. The molecule has 28 heavy (non-hydrogen) atoms. The van der Waals surface area contributed by atoms with E-state index in [4.69, 9.17) is 0 Å². The second-order valence-electron chi connectivity index (χ2n) is 6.75. The Bertz CT molecular complexity index is 646. The van der Waals surface area contributed by atoms with E-state index in [0.29, 0.717) is 56.7 Å². The van der Waals surface area contributed by atoms with Crippen molar-refractivity contribution in [2.75, 3.05) is 45.0 Å². The molecular weight excluding hydrogens is 389 g/mol. The fourth-order valence-electron chi connectivity index (χ4n) is 3.04. The first-order chi connectivity index (χ1) is 13.3. The highest BCUT2D eigenvalue weighted by atomic mass is 32.2. The Kier molecular flexibility index (Phi) is 8.75. The lowest BCUT2D eigenvalue weighted by Gasteiger charge is -2.39. The summed E-state index contributed by atoms with van der Waals surface area (Å²) in [6.45, 7) is 5.89. The van der Waals surface area contributed by atoms with Gasteiger partial charge in [-0.25, -0.2) is 0 Å². The smallest absolute Gasteiger partial charge is 0.357 e. The quantitative estimate of drug-likeness (QED) is 0.546. The molecule has 0 spiro atoms. The lowest BCUT2D eigenvalue weighted by atomic mass is 10.2. The molecule has 5 nitrogen and oxygen atoms in total. The third-order valence-electron chi connectivity index (χ3n) is 4.72. The molecule has 158 valence electrons. The number of benzene rings is 1. The van der Waals surface area contributed by atoms with E-state index in [1.807, 2.05) is 42.2 Å². The van der Waals surface area contributed by atoms with Gasteiger partial charge in [-0.05, 0) is 19.4 Å². The number of rotatable bonds is 7. The van der Waals surface area contributed by atoms with E-state index in [9.17, 15) is 17.4 Å². The summed E-state index contributed by atoms with van der Waals surface area (Å²) in [5, 5.41) is 3.19. The van der Waals surface area contributed by atoms with Crippen LogP contribution in [0, 0.1) is 0 Å². The number of hydrogen-bond acceptors (Lipinski definition) is 3. The van der Waals surface area contributed by atoms with Crippen molar-refractivity contribution >= 4 is 16.8 Å². The average Bonchev–Trinajstić information content (AvgIpc) is 2.67. The number of piperazine rings is 1. The second kappa shape index (κ2) is 10.8. The molecule has 1 fully saturated rings. The zero-order chi connectivity index (χ0) is 20.6. The molecule has 1 heterocycles. The van der Waals surface area contributed by atoms with Crippen molar-refractivity contribution in [1.29, 1.82) is 0 Å². The maximum atomic E-state index is 12.9. The second-order valence-corrected chi connectivity index (χ2v) is 8.33. The van der Waals surface area contributed by atoms with Gasteiger partial charge in [0.05, 0.1) is 6.54 Å². The minimum atomic E-state index is -4.20. The predicted octanol–water partition coefficient (Wildman–Crippen LogP) is 2.47. The van der Waals surface area contributed by atoms with Gasteiger partial charge < -0.3 is 10.2 Å². The van der Waals surface area contributed by atoms with E-state index in [-0.39, 0.29) is 0 Å². The molecule has 0 amide bonds. The number of aliphatic imine (C=N–C) groups is 1. The van der Waals surface area contributed by atoms with Crippen LogP contribution in [-0.2, 0) is 16.6 Å². The highest BCUT2D eigenvalue weighted by Gasteiger charge is 2.41. The lowest BCUT2D eigenvalue weighted by molar-refractivity contribution is -0.181. The van der Waals surface area contributed by atoms with Crippen LogP contribution in [-0.4, -0.2) is 77.2 Å². The summed E-state index contributed by atoms with van der Waals surface area (Å²) in [6.07, 6.45) is -4.20. The Balaban J connectivity index is 1.84. The molecule has 0 aromatic heterocycles. The number of nitrogens with one attached hydrogen (secondary N) is 1. The number of alkyl halides is 3. The molecule has 2 unspecified atom stereocenters. The Morgan fingerprint density at radius 1 is 1.21 bits per heavy atom. The largest absolute Gasteiger partial charge is 0.403 e. The molecule has 0 bridgehead atoms. The summed E-state index contributed by atoms with van der Waals surface area (Å²) in [7, 11) is -1.00. The maximum absolute atomic E-state index is 12.9. The van der Waals surface area contributed by atoms with Gasteiger partial charge in [0.2, 0.25) is 0 Å². The fraction of sp³-hybridized carbons (Fsp3) is 0.632. The molecule has 9 heteroatoms. The van der Waals surface area contributed by atoms with Crippen LogP contribution >= 0.6 is 0 Å². The predicted molar refractivity (Wildman–Crippen MR) is 108 cm³/mol. The van der Waals surface area contributed by atoms with Crippen LogP contribution in [0.1, 0.15) is 19.4 Å². The molecule has 2 rings (SSSR count). The van der Waals surface area contributed by atoms with Gasteiger partial charge >= 0.3 is 6.18 Å². The van der Waals surface area contributed by atoms with Gasteiger partial charge in [-0.2, -0.15) is 13.2 Å². The van der Waals surface area contributed by atoms with Gasteiger partial charge in [-0.1, -0.05) is 30.3 Å². The molecule has 1 aliphatic rings. The van der Waals surface area contributed by atoms with Crippen LogP contribution in [0.25, 0.3) is 0 Å². The maximum Gasteiger partial charge on any atom is 0.403 e. The van der Waals surface area contributed by atoms with Gasteiger partial charge in [0.15, 0.2) is 5.96 Å². The van der Waals surface area contributed by atoms with Crippen molar-refractivity contribution in [3.63, 3.8) is 0 Å². The molecular formula is C19H29F3N4OS. The van der Waals surface area contributed by atoms with Gasteiger partial charge in [-0.3, -0.25) is 14.1 Å². The van der Waals surface area contributed by atoms with Crippen LogP contribution in [0.5, 0.6) is 0 Å². The highest BCUT2D eigenvalue weighted by molar-refractivity contribution is 7.84. The summed E-state index contributed by atoms with van der Waals surface area (Å²) < 4.78 is 50.9. The van der Waals surface area contributed by atoms with Crippen LogP contribution in [0.2, 0.25) is 0 Å². The van der Waals surface area contributed by atoms with E-state index >= 15 is 0 Å². The van der Waals surface area contributed by atoms with E-state index in [2.05, 4.69) is 10.3 Å². The molecule has 1 aliphatic heterocycles. The normalized spacial score (nSPS) is 18.8. The Hall–Kier alpha value is -1.61. The van der Waals surface area contributed by atoms with Crippen LogP contribution in [0.3, 0.4) is 0 Å². The first kappa shape index (κ1) is 22.7. The van der Waals surface area contributed by atoms with Gasteiger partial charge in [0.1, 0.15) is 6.04 Å². The summed E-state index contributed by atoms with van der Waals surface area (Å²) in [5.74, 6) is 1.63. The first-order valence-electron chi connectivity index (χ1n) is 9.54. The van der Waals surface area contributed by atoms with Crippen molar-refractivity contribution in [3.05, 3.63) is 35.9 Å². The monoisotopic (exact) mass is 418 g/mol. The molecule has 0 saturated carbocycles. The number of guanidine groups is 1. The van der Waals surface area contributed by atoms with Crippen LogP contribution in [0.4, 0.5) is 13.2 Å². The van der Waals surface area contributed by atoms with Crippen LogP contribution in [0.15, 0.2) is 35.3 Å². The highest BCUT2D eigenvalue weighted by Crippen LogP contribution is 2.25. The Morgan fingerprint density at radius 3 is 2.43 bits per heavy atom. The van der Waals surface area contributed by atoms with Crippen molar-refractivity contribution in [1.82, 2.24) is 15.1 Å². The number of nitrogens with zero attached hydrogens (tertiary/aromatic N) is 3. The molecule has 0 aliphatic carbocycles. The molecule has 1 aromatic carbocycles. The van der Waals surface area contributed by atoms with Crippen molar-refractivity contribution in [2.45, 2.75) is 31.8 Å². The fourth-order valence-corrected chi connectivity index (χ4v) is 4.04. The Morgan fingerprint density at radius 2 is 1.86 bits per heavy atom. The minimum Gasteiger partial charge on any atom is -0.357 e. The third-order valence-corrected chi connectivity index (χ3v) is 6.01. The van der Waals surface area contributed by atoms with E-state index in [1.54, 1.807) is 0 Å². The van der Waals surface area contributed by atoms with Gasteiger partial charge in [0.25, 0.3) is 0 Å². The molecule has 1 N–H and O–H groups in total. The molecule has 0 radical (unpaired) electrons. The van der Waals surface area contributed by atoms with Crippen molar-refractivity contribution in [3.8, 4) is 0 Å². The standard InChI is InChI=1S/C19H29F3N4OS/c1-3-23-18(24-9-14-28(27)15-17-7-5-4-6-8-17)26-12-10-25(11-13-26)16(2)19(20,21)22/h4-8,16H,3,9-15H2,1-2H3,(H,23,24). The summed E-state index contributed by atoms with van der Waals surface area (Å²) in [4.78, 5) is 7.96. The van der Waals surface area contributed by atoms with Gasteiger partial charge in [0, 0.05) is 55.0 Å². The van der Waals surface area contributed by atoms with Crippen molar-refractivity contribution in [2.24, 2.45) is 4.99 Å². The topological polar surface area (TPSA) is 47.9 Å². The van der Waals surface area contributed by atoms with E-state index in [0.717, 1.165) is 5.56 Å². The van der Waals surface area contributed by atoms with Crippen LogP contribution < -0.4 is 5.32 Å². The zero-order valence-corrected chi connectivity index (χ0v) is 17.2. The molecule has 1 saturated heterocycles. The van der Waals surface area contributed by atoms with E-state index < -0.39 is 23.0 Å². The molecule has 1 aromatic rings. The number of halogens is 3. The Labute approximate surface area is 167 Å². The summed E-state index contributed by atoms with van der Waals surface area (Å²) in [6, 6.07) is 8.24. The number of hydrogen-bond donors (Lipinski definition) is 1. The van der Waals surface area contributed by atoms with E-state index in [1.165, 1.54) is 11.8 Å². The summed E-state index contributed by atoms with van der Waals surface area (Å²) in [5.41, 5.74) is 1.03. The average molecular weight is 419 g/mol. The zero-order valence-electron chi connectivity index (χ0n) is 16.4. The summed E-state index contributed by atoms with van der Waals surface area (Å²) >= 11 is 0. The SMILES string of the molecule is CCNC(=NCCS(=O)Cc1ccccc1)N1CCN(C(C)C(F)(F)F)CC1. The first-order valence-corrected chi connectivity index (χ1v) is 11.0. The van der Waals surface area contributed by atoms with Crippen molar-refractivity contribution < 1.29 is 17.4 Å². The van der Waals surface area contributed by atoms with Gasteiger partial charge in [-0.15, -0.1) is 0 Å². The third kappa shape index (κ3) is 7.09. The lowest BCUT2D eigenvalue weighted by Crippen LogP contribution is -2.56.